The zero-order valence-corrected chi connectivity index (χ0v) is 27.6. The molecular weight excluding hydrogens is 621 g/mol. The Kier molecular flexibility index (Phi) is 5.96. The molecule has 0 aliphatic carbocycles. The quantitative estimate of drug-likeness (QED) is 0.186. The van der Waals surface area contributed by atoms with Crippen LogP contribution < -0.4 is 0 Å². The zero-order valence-electron chi connectivity index (χ0n) is 27.6. The number of nitrogens with zero attached hydrogens (tertiary/aromatic N) is 2. The van der Waals surface area contributed by atoms with Crippen molar-refractivity contribution in [2.45, 2.75) is 0 Å². The van der Waals surface area contributed by atoms with Crippen molar-refractivity contribution in [3.63, 3.8) is 0 Å². The van der Waals surface area contributed by atoms with Crippen molar-refractivity contribution < 1.29 is 4.42 Å². The molecule has 0 amide bonds. The van der Waals surface area contributed by atoms with Gasteiger partial charge in [-0.2, -0.15) is 0 Å². The standard InChI is InChI=1S/C48H30N2O/c1-2-11-31(12-3-1)33-21-24-45-40(28-33)37-15-4-7-18-43(37)50(45)36-23-25-46-41(30-36)38-16-5-8-19-44(38)49(46)35-14-10-13-32(27-35)34-22-26-48-42(29-34)39-17-6-9-20-47(39)51-48/h1-30H. The molecule has 0 radical (unpaired) electrons. The molecule has 0 aliphatic heterocycles. The van der Waals surface area contributed by atoms with Gasteiger partial charge in [0, 0.05) is 43.7 Å². The predicted octanol–water partition coefficient (Wildman–Crippen LogP) is 13.1. The Labute approximate surface area is 293 Å². The monoisotopic (exact) mass is 650 g/mol. The SMILES string of the molecule is c1ccc(-c2ccc3c(c2)c2ccccc2n3-c2ccc3c(c2)c2ccccc2n3-c2cccc(-c3ccc4oc5ccccc5c4c3)c2)cc1. The van der Waals surface area contributed by atoms with Gasteiger partial charge >= 0.3 is 0 Å². The van der Waals surface area contributed by atoms with Crippen LogP contribution in [-0.2, 0) is 0 Å². The highest BCUT2D eigenvalue weighted by atomic mass is 16.3. The zero-order chi connectivity index (χ0) is 33.5. The molecule has 8 aromatic carbocycles. The van der Waals surface area contributed by atoms with Crippen molar-refractivity contribution in [3.05, 3.63) is 182 Å². The molecular formula is C48H30N2O. The van der Waals surface area contributed by atoms with Crippen LogP contribution in [0, 0.1) is 0 Å². The van der Waals surface area contributed by atoms with Crippen molar-refractivity contribution in [1.29, 1.82) is 0 Å². The minimum atomic E-state index is 0.911. The molecule has 0 unspecified atom stereocenters. The van der Waals surface area contributed by atoms with E-state index in [1.54, 1.807) is 0 Å². The van der Waals surface area contributed by atoms with E-state index in [1.165, 1.54) is 65.9 Å². The van der Waals surface area contributed by atoms with Gasteiger partial charge in [0.1, 0.15) is 11.2 Å². The van der Waals surface area contributed by atoms with Crippen LogP contribution in [0.2, 0.25) is 0 Å². The van der Waals surface area contributed by atoms with Crippen molar-refractivity contribution in [3.8, 4) is 33.6 Å². The fourth-order valence-corrected chi connectivity index (χ4v) is 8.17. The summed E-state index contributed by atoms with van der Waals surface area (Å²) in [6.07, 6.45) is 0. The van der Waals surface area contributed by atoms with Crippen molar-refractivity contribution in [2.24, 2.45) is 0 Å². The normalized spacial score (nSPS) is 11.9. The van der Waals surface area contributed by atoms with Crippen LogP contribution >= 0.6 is 0 Å². The Bertz CT molecular complexity index is 3140. The second-order valence-corrected chi connectivity index (χ2v) is 13.4. The largest absolute Gasteiger partial charge is 0.456 e. The van der Waals surface area contributed by atoms with E-state index in [0.29, 0.717) is 0 Å². The van der Waals surface area contributed by atoms with E-state index in [-0.39, 0.29) is 0 Å². The highest BCUT2D eigenvalue weighted by molar-refractivity contribution is 6.13. The number of furan rings is 1. The van der Waals surface area contributed by atoms with Crippen LogP contribution in [0.5, 0.6) is 0 Å². The first-order valence-electron chi connectivity index (χ1n) is 17.4. The van der Waals surface area contributed by atoms with E-state index in [2.05, 4.69) is 179 Å². The lowest BCUT2D eigenvalue weighted by atomic mass is 10.0. The molecule has 0 spiro atoms. The molecule has 3 heteroatoms. The van der Waals surface area contributed by atoms with Crippen molar-refractivity contribution >= 4 is 65.6 Å². The molecule has 51 heavy (non-hydrogen) atoms. The number of para-hydroxylation sites is 3. The van der Waals surface area contributed by atoms with Gasteiger partial charge in [-0.05, 0) is 95.1 Å². The molecule has 11 rings (SSSR count). The lowest BCUT2D eigenvalue weighted by molar-refractivity contribution is 0.669. The summed E-state index contributed by atoms with van der Waals surface area (Å²) in [6, 6.07) is 65.6. The van der Waals surface area contributed by atoms with Crippen molar-refractivity contribution in [1.82, 2.24) is 9.13 Å². The van der Waals surface area contributed by atoms with Gasteiger partial charge in [0.15, 0.2) is 0 Å². The smallest absolute Gasteiger partial charge is 0.135 e. The average molecular weight is 651 g/mol. The molecule has 0 N–H and O–H groups in total. The molecule has 0 fully saturated rings. The summed E-state index contributed by atoms with van der Waals surface area (Å²) >= 11 is 0. The Morgan fingerprint density at radius 1 is 0.275 bits per heavy atom. The predicted molar refractivity (Wildman–Crippen MR) is 213 cm³/mol. The van der Waals surface area contributed by atoms with E-state index >= 15 is 0 Å². The molecule has 0 aliphatic rings. The third kappa shape index (κ3) is 4.25. The summed E-state index contributed by atoms with van der Waals surface area (Å²) in [5.74, 6) is 0. The van der Waals surface area contributed by atoms with Crippen LogP contribution in [0.3, 0.4) is 0 Å². The van der Waals surface area contributed by atoms with Gasteiger partial charge in [-0.3, -0.25) is 0 Å². The molecule has 238 valence electrons. The Morgan fingerprint density at radius 2 is 0.784 bits per heavy atom. The van der Waals surface area contributed by atoms with Gasteiger partial charge in [0.2, 0.25) is 0 Å². The summed E-state index contributed by atoms with van der Waals surface area (Å²) in [7, 11) is 0. The number of fused-ring (bicyclic) bond motifs is 9. The Hall–Kier alpha value is -6.84. The summed E-state index contributed by atoms with van der Waals surface area (Å²) < 4.78 is 10.9. The minimum absolute atomic E-state index is 0.911. The van der Waals surface area contributed by atoms with E-state index in [4.69, 9.17) is 4.42 Å². The average Bonchev–Trinajstić information content (AvgIpc) is 3.85. The van der Waals surface area contributed by atoms with Crippen molar-refractivity contribution in [2.75, 3.05) is 0 Å². The van der Waals surface area contributed by atoms with Crippen LogP contribution in [0.25, 0.3) is 99.2 Å². The molecule has 3 aromatic heterocycles. The molecule has 3 nitrogen and oxygen atoms in total. The molecule has 11 aromatic rings. The number of aromatic nitrogens is 2. The first-order chi connectivity index (χ1) is 25.3. The minimum Gasteiger partial charge on any atom is -0.456 e. The van der Waals surface area contributed by atoms with Crippen LogP contribution in [-0.4, -0.2) is 9.13 Å². The number of hydrogen-bond donors (Lipinski definition) is 0. The third-order valence-electron chi connectivity index (χ3n) is 10.5. The summed E-state index contributed by atoms with van der Waals surface area (Å²) in [6.45, 7) is 0. The number of hydrogen-bond acceptors (Lipinski definition) is 1. The lowest BCUT2D eigenvalue weighted by Gasteiger charge is -2.12. The molecule has 0 bridgehead atoms. The summed E-state index contributed by atoms with van der Waals surface area (Å²) in [4.78, 5) is 0. The van der Waals surface area contributed by atoms with Gasteiger partial charge in [-0.1, -0.05) is 109 Å². The van der Waals surface area contributed by atoms with Gasteiger partial charge in [0.05, 0.1) is 22.1 Å². The summed E-state index contributed by atoms with van der Waals surface area (Å²) in [5, 5.41) is 7.26. The van der Waals surface area contributed by atoms with Gasteiger partial charge in [-0.15, -0.1) is 0 Å². The molecule has 3 heterocycles. The maximum atomic E-state index is 6.12. The van der Waals surface area contributed by atoms with Crippen LogP contribution in [0.1, 0.15) is 0 Å². The van der Waals surface area contributed by atoms with Gasteiger partial charge < -0.3 is 13.6 Å². The van der Waals surface area contributed by atoms with E-state index in [9.17, 15) is 0 Å². The fraction of sp³-hybridized carbons (Fsp3) is 0. The molecule has 0 saturated carbocycles. The van der Waals surface area contributed by atoms with E-state index in [1.807, 2.05) is 12.1 Å². The van der Waals surface area contributed by atoms with Crippen LogP contribution in [0.15, 0.2) is 186 Å². The van der Waals surface area contributed by atoms with Crippen LogP contribution in [0.4, 0.5) is 0 Å². The maximum Gasteiger partial charge on any atom is 0.135 e. The second kappa shape index (κ2) is 10.8. The molecule has 0 saturated heterocycles. The fourth-order valence-electron chi connectivity index (χ4n) is 8.17. The second-order valence-electron chi connectivity index (χ2n) is 13.4. The third-order valence-corrected chi connectivity index (χ3v) is 10.5. The highest BCUT2D eigenvalue weighted by Crippen LogP contribution is 2.39. The van der Waals surface area contributed by atoms with Gasteiger partial charge in [-0.25, -0.2) is 0 Å². The van der Waals surface area contributed by atoms with E-state index in [0.717, 1.165) is 33.3 Å². The maximum absolute atomic E-state index is 6.12. The first-order valence-corrected chi connectivity index (χ1v) is 17.4. The Morgan fingerprint density at radius 3 is 1.57 bits per heavy atom. The number of rotatable bonds is 4. The first kappa shape index (κ1) is 28.0. The Balaban J connectivity index is 1.08. The topological polar surface area (TPSA) is 23.0 Å². The van der Waals surface area contributed by atoms with E-state index < -0.39 is 0 Å². The number of benzene rings is 8. The molecule has 0 atom stereocenters. The lowest BCUT2D eigenvalue weighted by Crippen LogP contribution is -1.96. The highest BCUT2D eigenvalue weighted by Gasteiger charge is 2.17. The summed E-state index contributed by atoms with van der Waals surface area (Å²) in [5.41, 5.74) is 13.7. The van der Waals surface area contributed by atoms with Gasteiger partial charge in [0.25, 0.3) is 0 Å².